The van der Waals surface area contributed by atoms with Gasteiger partial charge in [-0.15, -0.1) is 0 Å². The number of carbonyl (C=O) groups is 1. The summed E-state index contributed by atoms with van der Waals surface area (Å²) in [6.45, 7) is 8.74. The average Bonchev–Trinajstić information content (AvgIpc) is 2.22. The average molecular weight is 246 g/mol. The van der Waals surface area contributed by atoms with Gasteiger partial charge in [0.1, 0.15) is 0 Å². The first-order valence-corrected chi connectivity index (χ1v) is 6.81. The third kappa shape index (κ3) is 7.15. The topological polar surface area (TPSA) is 26.3 Å². The fourth-order valence-electron chi connectivity index (χ4n) is 1.26. The van der Waals surface area contributed by atoms with Crippen molar-refractivity contribution in [3.05, 3.63) is 0 Å². The molecule has 0 heterocycles. The number of hydrogen-bond acceptors (Lipinski definition) is 3. The van der Waals surface area contributed by atoms with Crippen LogP contribution in [0.3, 0.4) is 0 Å². The van der Waals surface area contributed by atoms with Gasteiger partial charge in [0, 0.05) is 5.75 Å². The molecule has 0 rings (SSSR count). The van der Waals surface area contributed by atoms with Crippen LogP contribution in [-0.2, 0) is 9.53 Å². The number of ether oxygens (including phenoxy) is 1. The fourth-order valence-corrected chi connectivity index (χ4v) is 1.39. The zero-order valence-electron chi connectivity index (χ0n) is 11.1. The molecule has 3 heteroatoms. The molecular formula is C13H26O2S. The van der Waals surface area contributed by atoms with Crippen molar-refractivity contribution in [1.82, 2.24) is 0 Å². The zero-order valence-corrected chi connectivity index (χ0v) is 12.0. The minimum absolute atomic E-state index is 0.133. The molecule has 0 atom stereocenters. The molecular weight excluding hydrogens is 220 g/mol. The molecule has 0 aromatic carbocycles. The van der Waals surface area contributed by atoms with Crippen molar-refractivity contribution >= 4 is 18.6 Å². The van der Waals surface area contributed by atoms with Crippen LogP contribution in [0.4, 0.5) is 0 Å². The lowest BCUT2D eigenvalue weighted by Gasteiger charge is -2.19. The van der Waals surface area contributed by atoms with Gasteiger partial charge < -0.3 is 4.74 Å². The predicted molar refractivity (Wildman–Crippen MR) is 71.9 cm³/mol. The van der Waals surface area contributed by atoms with Crippen LogP contribution in [0.2, 0.25) is 0 Å². The van der Waals surface area contributed by atoms with Gasteiger partial charge in [-0.25, -0.2) is 0 Å². The summed E-state index contributed by atoms with van der Waals surface area (Å²) in [4.78, 5) is 11.6. The number of esters is 1. The SMILES string of the molecule is CC(C)CCCCCOC(=O)C(C)(C)CS. The molecule has 0 bridgehead atoms. The molecule has 0 amide bonds. The van der Waals surface area contributed by atoms with Crippen molar-refractivity contribution in [2.75, 3.05) is 12.4 Å². The third-order valence-corrected chi connectivity index (χ3v) is 3.40. The molecule has 0 aliphatic rings. The predicted octanol–water partition coefficient (Wildman–Crippen LogP) is 3.70. The molecule has 0 radical (unpaired) electrons. The summed E-state index contributed by atoms with van der Waals surface area (Å²) >= 11 is 4.14. The molecule has 0 aliphatic heterocycles. The van der Waals surface area contributed by atoms with E-state index in [1.54, 1.807) is 0 Å². The monoisotopic (exact) mass is 246 g/mol. The number of unbranched alkanes of at least 4 members (excludes halogenated alkanes) is 2. The Hall–Kier alpha value is -0.180. The standard InChI is InChI=1S/C13H26O2S/c1-11(2)8-6-5-7-9-15-12(14)13(3,4)10-16/h11,16H,5-10H2,1-4H3. The van der Waals surface area contributed by atoms with Crippen LogP contribution in [0.25, 0.3) is 0 Å². The van der Waals surface area contributed by atoms with E-state index in [0.717, 1.165) is 18.8 Å². The summed E-state index contributed by atoms with van der Waals surface area (Å²) < 4.78 is 5.22. The molecule has 16 heavy (non-hydrogen) atoms. The first kappa shape index (κ1) is 15.8. The molecule has 0 aliphatic carbocycles. The van der Waals surface area contributed by atoms with E-state index in [9.17, 15) is 4.79 Å². The van der Waals surface area contributed by atoms with E-state index in [2.05, 4.69) is 26.5 Å². The van der Waals surface area contributed by atoms with Crippen LogP contribution in [0.5, 0.6) is 0 Å². The van der Waals surface area contributed by atoms with E-state index in [1.807, 2.05) is 13.8 Å². The largest absolute Gasteiger partial charge is 0.465 e. The first-order chi connectivity index (χ1) is 7.40. The van der Waals surface area contributed by atoms with E-state index in [-0.39, 0.29) is 5.97 Å². The lowest BCUT2D eigenvalue weighted by atomic mass is 9.97. The van der Waals surface area contributed by atoms with Gasteiger partial charge in [-0.05, 0) is 26.2 Å². The minimum atomic E-state index is -0.457. The van der Waals surface area contributed by atoms with Crippen LogP contribution in [0.15, 0.2) is 0 Å². The number of hydrogen-bond donors (Lipinski definition) is 1. The van der Waals surface area contributed by atoms with Gasteiger partial charge in [0.2, 0.25) is 0 Å². The molecule has 96 valence electrons. The van der Waals surface area contributed by atoms with Crippen molar-refractivity contribution in [3.63, 3.8) is 0 Å². The number of carbonyl (C=O) groups excluding carboxylic acids is 1. The second-order valence-electron chi connectivity index (χ2n) is 5.42. The van der Waals surface area contributed by atoms with E-state index < -0.39 is 5.41 Å². The first-order valence-electron chi connectivity index (χ1n) is 6.18. The van der Waals surface area contributed by atoms with Crippen molar-refractivity contribution in [3.8, 4) is 0 Å². The highest BCUT2D eigenvalue weighted by molar-refractivity contribution is 7.80. The lowest BCUT2D eigenvalue weighted by Crippen LogP contribution is -2.28. The maximum atomic E-state index is 11.6. The molecule has 0 aromatic rings. The van der Waals surface area contributed by atoms with Crippen molar-refractivity contribution in [1.29, 1.82) is 0 Å². The molecule has 0 spiro atoms. The van der Waals surface area contributed by atoms with Crippen molar-refractivity contribution in [2.24, 2.45) is 11.3 Å². The van der Waals surface area contributed by atoms with Crippen LogP contribution in [0.1, 0.15) is 53.4 Å². The fraction of sp³-hybridized carbons (Fsp3) is 0.923. The maximum Gasteiger partial charge on any atom is 0.312 e. The van der Waals surface area contributed by atoms with E-state index >= 15 is 0 Å². The Morgan fingerprint density at radius 3 is 2.38 bits per heavy atom. The number of thiol groups is 1. The summed E-state index contributed by atoms with van der Waals surface area (Å²) in [7, 11) is 0. The van der Waals surface area contributed by atoms with Crippen molar-refractivity contribution in [2.45, 2.75) is 53.4 Å². The Labute approximate surface area is 106 Å². The molecule has 0 fully saturated rings. The third-order valence-electron chi connectivity index (χ3n) is 2.61. The van der Waals surface area contributed by atoms with Gasteiger partial charge >= 0.3 is 5.97 Å². The van der Waals surface area contributed by atoms with E-state index in [4.69, 9.17) is 4.74 Å². The number of rotatable bonds is 8. The van der Waals surface area contributed by atoms with Gasteiger partial charge in [-0.1, -0.05) is 33.1 Å². The molecule has 0 saturated heterocycles. The Morgan fingerprint density at radius 1 is 1.25 bits per heavy atom. The van der Waals surface area contributed by atoms with Gasteiger partial charge in [0.25, 0.3) is 0 Å². The Morgan fingerprint density at radius 2 is 1.88 bits per heavy atom. The summed E-state index contributed by atoms with van der Waals surface area (Å²) in [5.74, 6) is 1.16. The van der Waals surface area contributed by atoms with Crippen molar-refractivity contribution < 1.29 is 9.53 Å². The van der Waals surface area contributed by atoms with Crippen LogP contribution >= 0.6 is 12.6 Å². The lowest BCUT2D eigenvalue weighted by molar-refractivity contribution is -0.152. The second-order valence-corrected chi connectivity index (χ2v) is 5.74. The summed E-state index contributed by atoms with van der Waals surface area (Å²) in [6, 6.07) is 0. The smallest absolute Gasteiger partial charge is 0.312 e. The highest BCUT2D eigenvalue weighted by Crippen LogP contribution is 2.19. The Balaban J connectivity index is 3.49. The van der Waals surface area contributed by atoms with Crippen LogP contribution in [0, 0.1) is 11.3 Å². The normalized spacial score (nSPS) is 11.9. The molecule has 2 nitrogen and oxygen atoms in total. The van der Waals surface area contributed by atoms with E-state index in [0.29, 0.717) is 12.4 Å². The molecule has 0 aromatic heterocycles. The summed E-state index contributed by atoms with van der Waals surface area (Å²) in [5.41, 5.74) is -0.457. The summed E-state index contributed by atoms with van der Waals surface area (Å²) in [6.07, 6.45) is 4.61. The highest BCUT2D eigenvalue weighted by atomic mass is 32.1. The molecule has 0 unspecified atom stereocenters. The van der Waals surface area contributed by atoms with Gasteiger partial charge in [0.15, 0.2) is 0 Å². The second kappa shape index (κ2) is 7.99. The Bertz CT molecular complexity index is 200. The maximum absolute atomic E-state index is 11.6. The highest BCUT2D eigenvalue weighted by Gasteiger charge is 2.27. The molecule has 0 saturated carbocycles. The quantitative estimate of drug-likeness (QED) is 0.401. The minimum Gasteiger partial charge on any atom is -0.465 e. The van der Waals surface area contributed by atoms with Gasteiger partial charge in [-0.3, -0.25) is 4.79 Å². The Kier molecular flexibility index (Phi) is 7.90. The van der Waals surface area contributed by atoms with Crippen LogP contribution in [-0.4, -0.2) is 18.3 Å². The summed E-state index contributed by atoms with van der Waals surface area (Å²) in [5, 5.41) is 0. The van der Waals surface area contributed by atoms with E-state index in [1.165, 1.54) is 12.8 Å². The van der Waals surface area contributed by atoms with Gasteiger partial charge in [0.05, 0.1) is 12.0 Å². The zero-order chi connectivity index (χ0) is 12.6. The molecule has 0 N–H and O–H groups in total. The van der Waals surface area contributed by atoms with Crippen LogP contribution < -0.4 is 0 Å². The van der Waals surface area contributed by atoms with Gasteiger partial charge in [-0.2, -0.15) is 12.6 Å².